The van der Waals surface area contributed by atoms with Crippen molar-refractivity contribution >= 4 is 29.3 Å². The average Bonchev–Trinajstić information content (AvgIpc) is 3.65. The second kappa shape index (κ2) is 12.1. The molecule has 0 spiro atoms. The number of hydrogen-bond acceptors (Lipinski definition) is 8. The van der Waals surface area contributed by atoms with Crippen LogP contribution in [0.2, 0.25) is 5.02 Å². The van der Waals surface area contributed by atoms with Crippen LogP contribution in [0.1, 0.15) is 30.9 Å². The fourth-order valence-corrected chi connectivity index (χ4v) is 4.40. The van der Waals surface area contributed by atoms with Crippen LogP contribution in [0.5, 0.6) is 11.6 Å². The topological polar surface area (TPSA) is 75.1 Å². The Labute approximate surface area is 229 Å². The quantitative estimate of drug-likeness (QED) is 0.345. The van der Waals surface area contributed by atoms with E-state index in [-0.39, 0.29) is 5.60 Å². The molecule has 3 aromatic rings. The third kappa shape index (κ3) is 7.22. The van der Waals surface area contributed by atoms with Gasteiger partial charge in [0.2, 0.25) is 5.88 Å². The van der Waals surface area contributed by atoms with Gasteiger partial charge >= 0.3 is 0 Å². The van der Waals surface area contributed by atoms with E-state index in [0.717, 1.165) is 62.4 Å². The van der Waals surface area contributed by atoms with Crippen molar-refractivity contribution < 1.29 is 9.47 Å². The van der Waals surface area contributed by atoms with Crippen LogP contribution in [0.15, 0.2) is 59.9 Å². The maximum atomic E-state index is 6.61. The molecule has 8 nitrogen and oxygen atoms in total. The van der Waals surface area contributed by atoms with Crippen LogP contribution in [0.25, 0.3) is 0 Å². The molecule has 1 N–H and O–H groups in total. The van der Waals surface area contributed by atoms with E-state index in [0.29, 0.717) is 35.6 Å². The van der Waals surface area contributed by atoms with Gasteiger partial charge in [0.1, 0.15) is 24.3 Å². The van der Waals surface area contributed by atoms with Crippen LogP contribution in [0.3, 0.4) is 0 Å². The van der Waals surface area contributed by atoms with Gasteiger partial charge in [-0.2, -0.15) is 4.98 Å². The number of anilines is 1. The first kappa shape index (κ1) is 26.4. The fourth-order valence-electron chi connectivity index (χ4n) is 4.18. The van der Waals surface area contributed by atoms with Crippen molar-refractivity contribution in [3.05, 3.63) is 71.0 Å². The summed E-state index contributed by atoms with van der Waals surface area (Å²) in [6.07, 6.45) is 5.23. The minimum absolute atomic E-state index is 0.198. The van der Waals surface area contributed by atoms with Crippen LogP contribution in [-0.4, -0.2) is 78.0 Å². The number of aliphatic imine (C=N–C) groups is 1. The maximum Gasteiger partial charge on any atom is 0.245 e. The number of hydrogen-bond donors (Lipinski definition) is 1. The lowest BCUT2D eigenvalue weighted by Gasteiger charge is -2.32. The molecule has 2 aromatic carbocycles. The molecule has 1 aromatic heterocycles. The van der Waals surface area contributed by atoms with Crippen molar-refractivity contribution in [3.8, 4) is 11.6 Å². The van der Waals surface area contributed by atoms with Crippen LogP contribution in [0.4, 0.5) is 11.5 Å². The standard InChI is InChI=1S/C29H35ClN6O2/c1-29(10-11-29)38-28-26(27(33-21-34-28)32-19-22-6-4-3-5-7-22)31-20-23-8-9-24(18-25(23)30)37-17-16-36-14-12-35(2)13-15-36/h3-9,18,20-21H,10-17,19H2,1-2H3,(H,32,33,34)/b31-20+. The van der Waals surface area contributed by atoms with E-state index >= 15 is 0 Å². The van der Waals surface area contributed by atoms with Crippen molar-refractivity contribution in [1.82, 2.24) is 19.8 Å². The van der Waals surface area contributed by atoms with E-state index in [1.54, 1.807) is 6.21 Å². The number of likely N-dealkylation sites (N-methyl/N-ethyl adjacent to an activating group) is 1. The van der Waals surface area contributed by atoms with E-state index in [2.05, 4.69) is 51.2 Å². The molecule has 2 heterocycles. The Morgan fingerprint density at radius 1 is 1.08 bits per heavy atom. The number of piperazine rings is 1. The summed E-state index contributed by atoms with van der Waals surface area (Å²) in [5, 5.41) is 3.95. The number of nitrogens with one attached hydrogen (secondary N) is 1. The largest absolute Gasteiger partial charge is 0.492 e. The van der Waals surface area contributed by atoms with Crippen LogP contribution < -0.4 is 14.8 Å². The van der Waals surface area contributed by atoms with Crippen molar-refractivity contribution in [2.75, 3.05) is 51.7 Å². The zero-order chi connectivity index (χ0) is 26.4. The second-order valence-electron chi connectivity index (χ2n) is 10.2. The lowest BCUT2D eigenvalue weighted by Crippen LogP contribution is -2.45. The summed E-state index contributed by atoms with van der Waals surface area (Å²) >= 11 is 6.61. The average molecular weight is 535 g/mol. The number of aromatic nitrogens is 2. The highest BCUT2D eigenvalue weighted by atomic mass is 35.5. The molecule has 0 unspecified atom stereocenters. The number of halogens is 1. The van der Waals surface area contributed by atoms with Gasteiger partial charge in [-0.1, -0.05) is 41.9 Å². The van der Waals surface area contributed by atoms with Crippen molar-refractivity contribution in [1.29, 1.82) is 0 Å². The molecule has 0 bridgehead atoms. The van der Waals surface area contributed by atoms with E-state index in [1.165, 1.54) is 6.33 Å². The van der Waals surface area contributed by atoms with Gasteiger partial charge in [0.25, 0.3) is 0 Å². The van der Waals surface area contributed by atoms with E-state index < -0.39 is 0 Å². The van der Waals surface area contributed by atoms with Gasteiger partial charge in [-0.05, 0) is 50.6 Å². The van der Waals surface area contributed by atoms with Gasteiger partial charge < -0.3 is 19.7 Å². The van der Waals surface area contributed by atoms with E-state index in [9.17, 15) is 0 Å². The molecule has 1 saturated carbocycles. The minimum atomic E-state index is -0.198. The van der Waals surface area contributed by atoms with Gasteiger partial charge in [-0.3, -0.25) is 4.90 Å². The first-order chi connectivity index (χ1) is 18.5. The fraction of sp³-hybridized carbons (Fsp3) is 0.414. The molecular weight excluding hydrogens is 500 g/mol. The second-order valence-corrected chi connectivity index (χ2v) is 10.6. The molecule has 0 amide bonds. The number of nitrogens with zero attached hydrogens (tertiary/aromatic N) is 5. The lowest BCUT2D eigenvalue weighted by atomic mass is 10.2. The molecule has 200 valence electrons. The maximum absolute atomic E-state index is 6.61. The zero-order valence-corrected chi connectivity index (χ0v) is 22.8. The summed E-state index contributed by atoms with van der Waals surface area (Å²) in [5.41, 5.74) is 2.28. The first-order valence-electron chi connectivity index (χ1n) is 13.2. The first-order valence-corrected chi connectivity index (χ1v) is 13.5. The number of ether oxygens (including phenoxy) is 2. The zero-order valence-electron chi connectivity index (χ0n) is 22.1. The Morgan fingerprint density at radius 3 is 2.61 bits per heavy atom. The monoisotopic (exact) mass is 534 g/mol. The van der Waals surface area contributed by atoms with Crippen molar-refractivity contribution in [3.63, 3.8) is 0 Å². The minimum Gasteiger partial charge on any atom is -0.492 e. The van der Waals surface area contributed by atoms with Crippen LogP contribution in [-0.2, 0) is 6.54 Å². The Balaban J connectivity index is 1.27. The highest BCUT2D eigenvalue weighted by molar-refractivity contribution is 6.33. The molecule has 1 saturated heterocycles. The summed E-state index contributed by atoms with van der Waals surface area (Å²) in [6.45, 7) is 8.58. The van der Waals surface area contributed by atoms with Crippen molar-refractivity contribution in [2.45, 2.75) is 31.9 Å². The highest BCUT2D eigenvalue weighted by Crippen LogP contribution is 2.43. The summed E-state index contributed by atoms with van der Waals surface area (Å²) in [4.78, 5) is 18.4. The molecule has 9 heteroatoms. The number of rotatable bonds is 11. The lowest BCUT2D eigenvalue weighted by molar-refractivity contribution is 0.134. The normalized spacial score (nSPS) is 17.4. The van der Waals surface area contributed by atoms with Gasteiger partial charge in [0.15, 0.2) is 11.5 Å². The van der Waals surface area contributed by atoms with Gasteiger partial charge in [0.05, 0.1) is 5.02 Å². The summed E-state index contributed by atoms with van der Waals surface area (Å²) in [7, 11) is 2.16. The van der Waals surface area contributed by atoms with E-state index in [1.807, 2.05) is 36.4 Å². The molecule has 1 aliphatic heterocycles. The Hall–Kier alpha value is -3.20. The molecule has 38 heavy (non-hydrogen) atoms. The van der Waals surface area contributed by atoms with E-state index in [4.69, 9.17) is 26.1 Å². The molecule has 1 aliphatic carbocycles. The summed E-state index contributed by atoms with van der Waals surface area (Å²) < 4.78 is 12.2. The third-order valence-corrected chi connectivity index (χ3v) is 7.29. The van der Waals surface area contributed by atoms with Crippen molar-refractivity contribution in [2.24, 2.45) is 4.99 Å². The van der Waals surface area contributed by atoms with Crippen LogP contribution >= 0.6 is 11.6 Å². The Morgan fingerprint density at radius 2 is 1.87 bits per heavy atom. The summed E-state index contributed by atoms with van der Waals surface area (Å²) in [6, 6.07) is 15.8. The number of benzene rings is 2. The van der Waals surface area contributed by atoms with Gasteiger partial charge in [-0.15, -0.1) is 0 Å². The molecule has 0 radical (unpaired) electrons. The molecule has 2 aliphatic rings. The van der Waals surface area contributed by atoms with Crippen LogP contribution in [0, 0.1) is 0 Å². The SMILES string of the molecule is CN1CCN(CCOc2ccc(/C=N/c3c(NCc4ccccc4)ncnc3OC3(C)CC3)c(Cl)c2)CC1. The Bertz CT molecular complexity index is 1240. The molecule has 2 fully saturated rings. The Kier molecular flexibility index (Phi) is 8.42. The molecule has 5 rings (SSSR count). The smallest absolute Gasteiger partial charge is 0.245 e. The summed E-state index contributed by atoms with van der Waals surface area (Å²) in [5.74, 6) is 1.83. The predicted octanol–water partition coefficient (Wildman–Crippen LogP) is 5.05. The van der Waals surface area contributed by atoms with Gasteiger partial charge in [-0.25, -0.2) is 9.98 Å². The molecule has 0 atom stereocenters. The third-order valence-electron chi connectivity index (χ3n) is 6.97. The highest BCUT2D eigenvalue weighted by Gasteiger charge is 2.41. The predicted molar refractivity (Wildman–Crippen MR) is 152 cm³/mol. The molecular formula is C29H35ClN6O2. The van der Waals surface area contributed by atoms with Gasteiger partial charge in [0, 0.05) is 51.0 Å².